The number of carbonyl (C=O) groups excluding carboxylic acids is 2. The number of carbonyl (C=O) groups is 2. The highest BCUT2D eigenvalue weighted by Crippen LogP contribution is 2.35. The van der Waals surface area contributed by atoms with Crippen LogP contribution in [0.15, 0.2) is 24.3 Å². The molecule has 1 saturated carbocycles. The predicted molar refractivity (Wildman–Crippen MR) is 127 cm³/mol. The van der Waals surface area contributed by atoms with Crippen LogP contribution in [0.25, 0.3) is 5.69 Å². The van der Waals surface area contributed by atoms with Crippen molar-refractivity contribution in [2.45, 2.75) is 70.1 Å². The third-order valence-corrected chi connectivity index (χ3v) is 6.45. The predicted octanol–water partition coefficient (Wildman–Crippen LogP) is 3.83. The minimum atomic E-state index is -0.464. The molecular formula is C24H32ClN5O4. The molecule has 10 heteroatoms. The summed E-state index contributed by atoms with van der Waals surface area (Å²) in [7, 11) is 1.34. The van der Waals surface area contributed by atoms with E-state index in [1.165, 1.54) is 7.11 Å². The molecule has 4 rings (SSSR count). The summed E-state index contributed by atoms with van der Waals surface area (Å²) in [5.41, 5.74) is 0.800. The number of hydrogen-bond acceptors (Lipinski definition) is 6. The van der Waals surface area contributed by atoms with Crippen molar-refractivity contribution >= 4 is 23.6 Å². The molecule has 2 fully saturated rings. The first-order valence-electron chi connectivity index (χ1n) is 11.9. The van der Waals surface area contributed by atoms with E-state index in [2.05, 4.69) is 10.1 Å². The maximum absolute atomic E-state index is 13.4. The molecule has 0 radical (unpaired) electrons. The minimum absolute atomic E-state index is 0.0395. The summed E-state index contributed by atoms with van der Waals surface area (Å²) in [5.74, 6) is 1.37. The summed E-state index contributed by atoms with van der Waals surface area (Å²) < 4.78 is 12.2. The lowest BCUT2D eigenvalue weighted by Crippen LogP contribution is -2.44. The zero-order valence-corrected chi connectivity index (χ0v) is 20.5. The third kappa shape index (κ3) is 5.88. The number of rotatable bonds is 9. The second-order valence-corrected chi connectivity index (χ2v) is 9.24. The van der Waals surface area contributed by atoms with Gasteiger partial charge in [-0.1, -0.05) is 17.7 Å². The maximum atomic E-state index is 13.4. The smallest absolute Gasteiger partial charge is 0.406 e. The lowest BCUT2D eigenvalue weighted by molar-refractivity contribution is -0.149. The molecule has 0 unspecified atom stereocenters. The lowest BCUT2D eigenvalue weighted by atomic mass is 10.1. The van der Waals surface area contributed by atoms with Gasteiger partial charge in [-0.05, 0) is 63.6 Å². The highest BCUT2D eigenvalue weighted by molar-refractivity contribution is 6.30. The molecule has 9 nitrogen and oxygen atoms in total. The molecule has 184 valence electrons. The Labute approximate surface area is 204 Å². The van der Waals surface area contributed by atoms with Crippen molar-refractivity contribution in [2.75, 3.05) is 20.3 Å². The Morgan fingerprint density at radius 1 is 1.32 bits per heavy atom. The minimum Gasteiger partial charge on any atom is -0.453 e. The van der Waals surface area contributed by atoms with E-state index in [4.69, 9.17) is 26.4 Å². The fourth-order valence-corrected chi connectivity index (χ4v) is 4.48. The van der Waals surface area contributed by atoms with Gasteiger partial charge in [0, 0.05) is 30.6 Å². The molecule has 1 aromatic carbocycles. The van der Waals surface area contributed by atoms with Crippen LogP contribution < -0.4 is 5.32 Å². The second kappa shape index (κ2) is 11.2. The molecule has 1 aliphatic carbocycles. The summed E-state index contributed by atoms with van der Waals surface area (Å²) in [6.07, 6.45) is 5.15. The van der Waals surface area contributed by atoms with Crippen LogP contribution in [0.3, 0.4) is 0 Å². The van der Waals surface area contributed by atoms with Crippen LogP contribution in [0.2, 0.25) is 5.02 Å². The number of ether oxygens (including phenoxy) is 2. The molecule has 2 heterocycles. The van der Waals surface area contributed by atoms with Crippen LogP contribution in [-0.2, 0) is 20.7 Å². The zero-order valence-electron chi connectivity index (χ0n) is 19.7. The molecule has 2 aromatic rings. The van der Waals surface area contributed by atoms with E-state index >= 15 is 0 Å². The first kappa shape index (κ1) is 24.5. The number of methoxy groups -OCH3 is 1. The molecule has 1 N–H and O–H groups in total. The van der Waals surface area contributed by atoms with Crippen LogP contribution in [-0.4, -0.2) is 64.1 Å². The first-order valence-corrected chi connectivity index (χ1v) is 12.3. The molecule has 1 aromatic heterocycles. The quantitative estimate of drug-likeness (QED) is 0.537. The normalized spacial score (nSPS) is 18.9. The molecular weight excluding hydrogens is 458 g/mol. The van der Waals surface area contributed by atoms with Gasteiger partial charge in [0.15, 0.2) is 5.82 Å². The van der Waals surface area contributed by atoms with Crippen LogP contribution in [0.5, 0.6) is 0 Å². The van der Waals surface area contributed by atoms with Gasteiger partial charge in [-0.25, -0.2) is 14.5 Å². The highest BCUT2D eigenvalue weighted by Gasteiger charge is 2.41. The average molecular weight is 490 g/mol. The van der Waals surface area contributed by atoms with Crippen molar-refractivity contribution in [2.24, 2.45) is 0 Å². The fourth-order valence-electron chi connectivity index (χ4n) is 4.29. The number of alkyl carbamates (subject to hydrolysis) is 1. The van der Waals surface area contributed by atoms with Crippen molar-refractivity contribution in [1.82, 2.24) is 25.0 Å². The van der Waals surface area contributed by atoms with Crippen molar-refractivity contribution in [3.05, 3.63) is 40.9 Å². The monoisotopic (exact) mass is 489 g/mol. The number of nitrogens with one attached hydrogen (secondary N) is 1. The standard InChI is InChI=1S/C24H32ClN5O4/c1-16(29(18-11-12-18)23(31)20-9-3-4-14-34-20)22-27-21(10-6-13-26-24(32)33-2)30(28-22)19-8-5-7-17(25)15-19/h5,7-8,15-16,18,20H,3-4,6,9-14H2,1-2H3,(H,26,32)/t16-,20-/m1/s1. The van der Waals surface area contributed by atoms with Crippen LogP contribution >= 0.6 is 11.6 Å². The molecule has 0 bridgehead atoms. The molecule has 1 aliphatic heterocycles. The van der Waals surface area contributed by atoms with Crippen molar-refractivity contribution in [1.29, 1.82) is 0 Å². The highest BCUT2D eigenvalue weighted by atomic mass is 35.5. The Bertz CT molecular complexity index is 1000. The molecule has 2 aliphatic rings. The van der Waals surface area contributed by atoms with E-state index in [1.54, 1.807) is 4.68 Å². The first-order chi connectivity index (χ1) is 16.5. The van der Waals surface area contributed by atoms with E-state index in [0.29, 0.717) is 36.8 Å². The second-order valence-electron chi connectivity index (χ2n) is 8.81. The fraction of sp³-hybridized carbons (Fsp3) is 0.583. The van der Waals surface area contributed by atoms with Gasteiger partial charge in [0.1, 0.15) is 11.9 Å². The van der Waals surface area contributed by atoms with E-state index < -0.39 is 6.09 Å². The Kier molecular flexibility index (Phi) is 8.05. The van der Waals surface area contributed by atoms with Gasteiger partial charge in [0.2, 0.25) is 0 Å². The van der Waals surface area contributed by atoms with Crippen LogP contribution in [0.1, 0.15) is 63.1 Å². The van der Waals surface area contributed by atoms with E-state index in [1.807, 2.05) is 36.1 Å². The van der Waals surface area contributed by atoms with Gasteiger partial charge in [0.25, 0.3) is 5.91 Å². The zero-order chi connectivity index (χ0) is 24.1. The van der Waals surface area contributed by atoms with Gasteiger partial charge in [-0.15, -0.1) is 5.10 Å². The number of hydrogen-bond donors (Lipinski definition) is 1. The van der Waals surface area contributed by atoms with E-state index in [0.717, 1.165) is 43.6 Å². The lowest BCUT2D eigenvalue weighted by Gasteiger charge is -2.32. The van der Waals surface area contributed by atoms with Gasteiger partial charge in [-0.2, -0.15) is 0 Å². The van der Waals surface area contributed by atoms with Crippen LogP contribution in [0.4, 0.5) is 4.79 Å². The molecule has 2 atom stereocenters. The molecule has 1 saturated heterocycles. The summed E-state index contributed by atoms with van der Waals surface area (Å²) in [4.78, 5) is 31.5. The molecule has 34 heavy (non-hydrogen) atoms. The van der Waals surface area contributed by atoms with Crippen molar-refractivity contribution in [3.8, 4) is 5.69 Å². The number of amides is 2. The van der Waals surface area contributed by atoms with Crippen molar-refractivity contribution < 1.29 is 19.1 Å². The number of aryl methyl sites for hydroxylation is 1. The Hall–Kier alpha value is -2.65. The van der Waals surface area contributed by atoms with Gasteiger partial charge >= 0.3 is 6.09 Å². The molecule has 0 spiro atoms. The summed E-state index contributed by atoms with van der Waals surface area (Å²) >= 11 is 6.23. The Balaban J connectivity index is 1.57. The summed E-state index contributed by atoms with van der Waals surface area (Å²) in [5, 5.41) is 8.10. The van der Waals surface area contributed by atoms with E-state index in [9.17, 15) is 9.59 Å². The van der Waals surface area contributed by atoms with Crippen molar-refractivity contribution in [3.63, 3.8) is 0 Å². The van der Waals surface area contributed by atoms with E-state index in [-0.39, 0.29) is 24.1 Å². The average Bonchev–Trinajstić information content (AvgIpc) is 3.59. The number of halogens is 1. The third-order valence-electron chi connectivity index (χ3n) is 6.22. The molecule has 2 amide bonds. The van der Waals surface area contributed by atoms with Gasteiger partial charge in [-0.3, -0.25) is 4.79 Å². The SMILES string of the molecule is COC(=O)NCCCc1nc([C@@H](C)N(C(=O)[C@H]2CCCCO2)C2CC2)nn1-c1cccc(Cl)c1. The van der Waals surface area contributed by atoms with Crippen LogP contribution in [0, 0.1) is 0 Å². The largest absolute Gasteiger partial charge is 0.453 e. The summed E-state index contributed by atoms with van der Waals surface area (Å²) in [6, 6.07) is 7.36. The summed E-state index contributed by atoms with van der Waals surface area (Å²) in [6.45, 7) is 3.07. The number of benzene rings is 1. The maximum Gasteiger partial charge on any atom is 0.406 e. The van der Waals surface area contributed by atoms with Gasteiger partial charge in [0.05, 0.1) is 18.8 Å². The number of aromatic nitrogens is 3. The van der Waals surface area contributed by atoms with Gasteiger partial charge < -0.3 is 19.7 Å². The topological polar surface area (TPSA) is 98.6 Å². The number of nitrogens with zero attached hydrogens (tertiary/aromatic N) is 4. The Morgan fingerprint density at radius 2 is 2.15 bits per heavy atom. The Morgan fingerprint density at radius 3 is 2.82 bits per heavy atom.